The van der Waals surface area contributed by atoms with Crippen LogP contribution in [0.1, 0.15) is 24.1 Å². The fourth-order valence-electron chi connectivity index (χ4n) is 3.76. The maximum absolute atomic E-state index is 6.12. The average Bonchev–Trinajstić information content (AvgIpc) is 3.03. The smallest absolute Gasteiger partial charge is 0.151 e. The molecule has 1 spiro atoms. The Labute approximate surface area is 148 Å². The highest BCUT2D eigenvalue weighted by Crippen LogP contribution is 2.42. The third kappa shape index (κ3) is 3.50. The Morgan fingerprint density at radius 1 is 1.28 bits per heavy atom. The first-order valence-corrected chi connectivity index (χ1v) is 8.91. The van der Waals surface area contributed by atoms with E-state index in [1.54, 1.807) is 6.20 Å². The zero-order valence-corrected chi connectivity index (χ0v) is 14.6. The number of aryl methyl sites for hydroxylation is 1. The summed E-state index contributed by atoms with van der Waals surface area (Å²) < 4.78 is 12.0. The summed E-state index contributed by atoms with van der Waals surface area (Å²) in [5.74, 6) is 1.49. The van der Waals surface area contributed by atoms with Gasteiger partial charge in [0.25, 0.3) is 0 Å². The zero-order valence-electron chi connectivity index (χ0n) is 14.6. The molecule has 2 saturated heterocycles. The number of hydrogen-bond donors (Lipinski definition) is 0. The quantitative estimate of drug-likeness (QED) is 0.753. The van der Waals surface area contributed by atoms with Gasteiger partial charge in [0.2, 0.25) is 0 Å². The third-order valence-corrected chi connectivity index (χ3v) is 5.23. The van der Waals surface area contributed by atoms with E-state index in [2.05, 4.69) is 20.1 Å². The SMILES string of the molecule is Cc1ccc(N2CC3(C2)OCC[C@H]3CCOCc2cccnc2)nn1. The van der Waals surface area contributed by atoms with E-state index in [0.29, 0.717) is 12.5 Å². The van der Waals surface area contributed by atoms with Gasteiger partial charge in [-0.2, -0.15) is 5.10 Å². The molecule has 0 aromatic carbocycles. The second-order valence-corrected chi connectivity index (χ2v) is 6.99. The lowest BCUT2D eigenvalue weighted by molar-refractivity contribution is -0.0512. The van der Waals surface area contributed by atoms with E-state index in [1.807, 2.05) is 37.4 Å². The van der Waals surface area contributed by atoms with Crippen molar-refractivity contribution in [3.8, 4) is 0 Å². The van der Waals surface area contributed by atoms with Crippen molar-refractivity contribution >= 4 is 5.82 Å². The van der Waals surface area contributed by atoms with Gasteiger partial charge in [-0.15, -0.1) is 5.10 Å². The van der Waals surface area contributed by atoms with Crippen LogP contribution < -0.4 is 4.90 Å². The van der Waals surface area contributed by atoms with Crippen molar-refractivity contribution in [2.75, 3.05) is 31.2 Å². The highest BCUT2D eigenvalue weighted by molar-refractivity contribution is 5.43. The van der Waals surface area contributed by atoms with Crippen molar-refractivity contribution in [2.45, 2.75) is 32.0 Å². The standard InChI is InChI=1S/C19H24N4O2/c1-15-4-5-18(22-21-15)23-13-19(14-23)17(7-10-25-19)6-9-24-12-16-3-2-8-20-11-16/h2-5,8,11,17H,6-7,9-10,12-14H2,1H3/t17-/m1/s1. The van der Waals surface area contributed by atoms with Crippen molar-refractivity contribution in [2.24, 2.45) is 5.92 Å². The van der Waals surface area contributed by atoms with Crippen molar-refractivity contribution in [1.82, 2.24) is 15.2 Å². The molecule has 2 aliphatic heterocycles. The van der Waals surface area contributed by atoms with Crippen molar-refractivity contribution < 1.29 is 9.47 Å². The number of anilines is 1. The minimum atomic E-state index is -0.0236. The molecule has 2 aromatic rings. The van der Waals surface area contributed by atoms with Gasteiger partial charge < -0.3 is 14.4 Å². The Kier molecular flexibility index (Phi) is 4.63. The van der Waals surface area contributed by atoms with Crippen LogP contribution in [0.15, 0.2) is 36.7 Å². The van der Waals surface area contributed by atoms with Gasteiger partial charge >= 0.3 is 0 Å². The second kappa shape index (κ2) is 7.06. The molecule has 1 atom stereocenters. The van der Waals surface area contributed by atoms with Crippen LogP contribution in [-0.4, -0.2) is 47.1 Å². The number of rotatable bonds is 6. The predicted molar refractivity (Wildman–Crippen MR) is 94.3 cm³/mol. The summed E-state index contributed by atoms with van der Waals surface area (Å²) in [6.45, 7) is 5.99. The van der Waals surface area contributed by atoms with Crippen LogP contribution in [-0.2, 0) is 16.1 Å². The van der Waals surface area contributed by atoms with Crippen molar-refractivity contribution in [1.29, 1.82) is 0 Å². The monoisotopic (exact) mass is 340 g/mol. The van der Waals surface area contributed by atoms with E-state index in [0.717, 1.165) is 56.2 Å². The third-order valence-electron chi connectivity index (χ3n) is 5.23. The average molecular weight is 340 g/mol. The van der Waals surface area contributed by atoms with Crippen LogP contribution >= 0.6 is 0 Å². The van der Waals surface area contributed by atoms with Gasteiger partial charge in [0.1, 0.15) is 5.60 Å². The molecule has 2 aromatic heterocycles. The van der Waals surface area contributed by atoms with E-state index < -0.39 is 0 Å². The van der Waals surface area contributed by atoms with Gasteiger partial charge in [-0.3, -0.25) is 4.98 Å². The predicted octanol–water partition coefficient (Wildman–Crippen LogP) is 2.38. The Hall–Kier alpha value is -2.05. The minimum absolute atomic E-state index is 0.0236. The lowest BCUT2D eigenvalue weighted by Gasteiger charge is -2.50. The first-order chi connectivity index (χ1) is 12.3. The van der Waals surface area contributed by atoms with E-state index in [1.165, 1.54) is 0 Å². The molecule has 0 aliphatic carbocycles. The molecule has 132 valence electrons. The molecule has 4 rings (SSSR count). The largest absolute Gasteiger partial charge is 0.377 e. The molecular formula is C19H24N4O2. The Bertz CT molecular complexity index is 686. The van der Waals surface area contributed by atoms with Crippen LogP contribution in [0.4, 0.5) is 5.82 Å². The molecule has 6 nitrogen and oxygen atoms in total. The molecule has 0 amide bonds. The van der Waals surface area contributed by atoms with Crippen molar-refractivity contribution in [3.63, 3.8) is 0 Å². The first-order valence-electron chi connectivity index (χ1n) is 8.91. The normalized spacial score (nSPS) is 21.5. The van der Waals surface area contributed by atoms with Gasteiger partial charge in [0, 0.05) is 25.6 Å². The van der Waals surface area contributed by atoms with Crippen LogP contribution in [0.2, 0.25) is 0 Å². The molecule has 0 bridgehead atoms. The number of hydrogen-bond acceptors (Lipinski definition) is 6. The summed E-state index contributed by atoms with van der Waals surface area (Å²) in [5, 5.41) is 8.43. The summed E-state index contributed by atoms with van der Waals surface area (Å²) in [6.07, 6.45) is 5.79. The summed E-state index contributed by atoms with van der Waals surface area (Å²) in [4.78, 5) is 6.36. The molecule has 4 heterocycles. The maximum Gasteiger partial charge on any atom is 0.151 e. The summed E-state index contributed by atoms with van der Waals surface area (Å²) in [5.41, 5.74) is 2.04. The summed E-state index contributed by atoms with van der Waals surface area (Å²) >= 11 is 0. The Morgan fingerprint density at radius 2 is 2.20 bits per heavy atom. The molecule has 0 saturated carbocycles. The summed E-state index contributed by atoms with van der Waals surface area (Å²) in [6, 6.07) is 8.03. The highest BCUT2D eigenvalue weighted by atomic mass is 16.5. The van der Waals surface area contributed by atoms with Crippen LogP contribution in [0.25, 0.3) is 0 Å². The fraction of sp³-hybridized carbons (Fsp3) is 0.526. The number of nitrogens with zero attached hydrogens (tertiary/aromatic N) is 4. The molecule has 6 heteroatoms. The number of aromatic nitrogens is 3. The first kappa shape index (κ1) is 16.4. The Morgan fingerprint density at radius 3 is 2.96 bits per heavy atom. The van der Waals surface area contributed by atoms with E-state index in [4.69, 9.17) is 9.47 Å². The lowest BCUT2D eigenvalue weighted by atomic mass is 9.79. The summed E-state index contributed by atoms with van der Waals surface area (Å²) in [7, 11) is 0. The van der Waals surface area contributed by atoms with Crippen LogP contribution in [0.5, 0.6) is 0 Å². The lowest BCUT2D eigenvalue weighted by Crippen LogP contribution is -2.65. The van der Waals surface area contributed by atoms with E-state index in [9.17, 15) is 0 Å². The van der Waals surface area contributed by atoms with Gasteiger partial charge in [0.15, 0.2) is 5.82 Å². The van der Waals surface area contributed by atoms with Crippen LogP contribution in [0, 0.1) is 12.8 Å². The topological polar surface area (TPSA) is 60.4 Å². The van der Waals surface area contributed by atoms with E-state index >= 15 is 0 Å². The molecule has 0 radical (unpaired) electrons. The number of pyridine rings is 1. The molecular weight excluding hydrogens is 316 g/mol. The molecule has 0 N–H and O–H groups in total. The number of ether oxygens (including phenoxy) is 2. The van der Waals surface area contributed by atoms with Gasteiger partial charge in [0.05, 0.1) is 25.4 Å². The second-order valence-electron chi connectivity index (χ2n) is 6.99. The highest BCUT2D eigenvalue weighted by Gasteiger charge is 2.53. The maximum atomic E-state index is 6.12. The zero-order chi connectivity index (χ0) is 17.1. The van der Waals surface area contributed by atoms with Crippen molar-refractivity contribution in [3.05, 3.63) is 47.9 Å². The van der Waals surface area contributed by atoms with E-state index in [-0.39, 0.29) is 5.60 Å². The molecule has 0 unspecified atom stereocenters. The fourth-order valence-corrected chi connectivity index (χ4v) is 3.76. The molecule has 25 heavy (non-hydrogen) atoms. The minimum Gasteiger partial charge on any atom is -0.377 e. The molecule has 2 aliphatic rings. The molecule has 2 fully saturated rings. The van der Waals surface area contributed by atoms with Gasteiger partial charge in [-0.05, 0) is 49.4 Å². The van der Waals surface area contributed by atoms with Gasteiger partial charge in [-0.1, -0.05) is 6.07 Å². The van der Waals surface area contributed by atoms with Gasteiger partial charge in [-0.25, -0.2) is 0 Å². The van der Waals surface area contributed by atoms with Crippen LogP contribution in [0.3, 0.4) is 0 Å². The Balaban J connectivity index is 1.26.